The predicted molar refractivity (Wildman–Crippen MR) is 53.4 cm³/mol. The lowest BCUT2D eigenvalue weighted by molar-refractivity contribution is -0.255. The molecule has 76 valence electrons. The zero-order valence-electron chi connectivity index (χ0n) is 7.53. The molecule has 15 heavy (non-hydrogen) atoms. The molecular weight excluding hydrogens is 216 g/mol. The second-order valence-corrected chi connectivity index (χ2v) is 3.34. The molecular formula is C10H6ClN2O2-. The molecule has 5 heteroatoms. The number of aromatic amines is 1. The molecule has 2 rings (SSSR count). The highest BCUT2D eigenvalue weighted by atomic mass is 35.5. The van der Waals surface area contributed by atoms with Crippen molar-refractivity contribution in [2.24, 2.45) is 0 Å². The Hall–Kier alpha value is -1.81. The van der Waals surface area contributed by atoms with E-state index in [2.05, 4.69) is 10.2 Å². The fraction of sp³-hybridized carbons (Fsp3) is 0. The van der Waals surface area contributed by atoms with Gasteiger partial charge in [0.15, 0.2) is 0 Å². The SMILES string of the molecule is O=C([O-])c1cc(-c2ccccc2Cl)n[nH]1. The van der Waals surface area contributed by atoms with Crippen LogP contribution in [0.5, 0.6) is 0 Å². The molecule has 1 aromatic carbocycles. The number of halogens is 1. The van der Waals surface area contributed by atoms with E-state index in [1.165, 1.54) is 6.07 Å². The fourth-order valence-electron chi connectivity index (χ4n) is 1.23. The van der Waals surface area contributed by atoms with E-state index >= 15 is 0 Å². The van der Waals surface area contributed by atoms with Crippen LogP contribution in [0, 0.1) is 0 Å². The minimum Gasteiger partial charge on any atom is -0.543 e. The van der Waals surface area contributed by atoms with Crippen molar-refractivity contribution >= 4 is 17.6 Å². The van der Waals surface area contributed by atoms with E-state index in [1.54, 1.807) is 24.3 Å². The number of carbonyl (C=O) groups is 1. The Kier molecular flexibility index (Phi) is 2.43. The van der Waals surface area contributed by atoms with E-state index in [4.69, 9.17) is 11.6 Å². The lowest BCUT2D eigenvalue weighted by Gasteiger charge is -1.98. The number of carboxylic acids is 1. The summed E-state index contributed by atoms with van der Waals surface area (Å²) in [6, 6.07) is 8.45. The average molecular weight is 222 g/mol. The summed E-state index contributed by atoms with van der Waals surface area (Å²) >= 11 is 5.93. The third-order valence-electron chi connectivity index (χ3n) is 1.95. The second-order valence-electron chi connectivity index (χ2n) is 2.93. The van der Waals surface area contributed by atoms with Crippen LogP contribution in [0.4, 0.5) is 0 Å². The molecule has 0 bridgehead atoms. The monoisotopic (exact) mass is 221 g/mol. The lowest BCUT2D eigenvalue weighted by atomic mass is 10.1. The highest BCUT2D eigenvalue weighted by Crippen LogP contribution is 2.25. The van der Waals surface area contributed by atoms with Gasteiger partial charge < -0.3 is 9.90 Å². The van der Waals surface area contributed by atoms with Crippen molar-refractivity contribution in [1.29, 1.82) is 0 Å². The zero-order chi connectivity index (χ0) is 10.8. The number of aromatic nitrogens is 2. The predicted octanol–water partition coefficient (Wildman–Crippen LogP) is 1.09. The quantitative estimate of drug-likeness (QED) is 0.826. The maximum atomic E-state index is 10.5. The van der Waals surface area contributed by atoms with E-state index < -0.39 is 5.97 Å². The van der Waals surface area contributed by atoms with Crippen molar-refractivity contribution in [3.8, 4) is 11.3 Å². The third kappa shape index (κ3) is 1.85. The smallest absolute Gasteiger partial charge is 0.0942 e. The molecule has 1 heterocycles. The van der Waals surface area contributed by atoms with Crippen LogP contribution >= 0.6 is 11.6 Å². The fourth-order valence-corrected chi connectivity index (χ4v) is 1.47. The molecule has 2 aromatic rings. The van der Waals surface area contributed by atoms with Crippen molar-refractivity contribution in [2.45, 2.75) is 0 Å². The number of hydrogen-bond donors (Lipinski definition) is 1. The van der Waals surface area contributed by atoms with Gasteiger partial charge in [0.05, 0.1) is 22.4 Å². The summed E-state index contributed by atoms with van der Waals surface area (Å²) in [7, 11) is 0. The molecule has 0 aliphatic carbocycles. The lowest BCUT2D eigenvalue weighted by Crippen LogP contribution is -2.22. The third-order valence-corrected chi connectivity index (χ3v) is 2.28. The molecule has 0 amide bonds. The van der Waals surface area contributed by atoms with Gasteiger partial charge in [-0.05, 0) is 12.1 Å². The summed E-state index contributed by atoms with van der Waals surface area (Å²) in [6.07, 6.45) is 0. The minimum atomic E-state index is -1.29. The van der Waals surface area contributed by atoms with E-state index in [0.717, 1.165) is 0 Å². The van der Waals surface area contributed by atoms with Crippen molar-refractivity contribution in [2.75, 3.05) is 0 Å². The maximum Gasteiger partial charge on any atom is 0.0942 e. The number of benzene rings is 1. The largest absolute Gasteiger partial charge is 0.543 e. The Balaban J connectivity index is 2.46. The molecule has 0 atom stereocenters. The van der Waals surface area contributed by atoms with Crippen LogP contribution in [-0.2, 0) is 0 Å². The molecule has 0 spiro atoms. The summed E-state index contributed by atoms with van der Waals surface area (Å²) in [5.74, 6) is -1.29. The van der Waals surface area contributed by atoms with Gasteiger partial charge in [-0.2, -0.15) is 5.10 Å². The first-order chi connectivity index (χ1) is 7.18. The van der Waals surface area contributed by atoms with Gasteiger partial charge in [-0.3, -0.25) is 5.10 Å². The van der Waals surface area contributed by atoms with Gasteiger partial charge in [0.1, 0.15) is 0 Å². The normalized spacial score (nSPS) is 10.2. The number of nitrogens with one attached hydrogen (secondary N) is 1. The van der Waals surface area contributed by atoms with Crippen molar-refractivity contribution in [3.63, 3.8) is 0 Å². The molecule has 0 aliphatic rings. The van der Waals surface area contributed by atoms with Gasteiger partial charge in [0, 0.05) is 5.56 Å². The number of H-pyrrole nitrogens is 1. The Morgan fingerprint density at radius 3 is 2.73 bits per heavy atom. The number of carboxylic acid groups (broad SMARTS) is 1. The molecule has 0 saturated heterocycles. The summed E-state index contributed by atoms with van der Waals surface area (Å²) < 4.78 is 0. The van der Waals surface area contributed by atoms with Crippen LogP contribution in [0.2, 0.25) is 5.02 Å². The second kappa shape index (κ2) is 3.74. The number of carbonyl (C=O) groups excluding carboxylic acids is 1. The van der Waals surface area contributed by atoms with Crippen LogP contribution in [-0.4, -0.2) is 16.2 Å². The number of hydrogen-bond acceptors (Lipinski definition) is 3. The molecule has 0 radical (unpaired) electrons. The Bertz CT molecular complexity index is 508. The van der Waals surface area contributed by atoms with Gasteiger partial charge in [-0.15, -0.1) is 0 Å². The summed E-state index contributed by atoms with van der Waals surface area (Å²) in [5.41, 5.74) is 1.10. The minimum absolute atomic E-state index is 0.0649. The van der Waals surface area contributed by atoms with Gasteiger partial charge in [-0.25, -0.2) is 0 Å². The summed E-state index contributed by atoms with van der Waals surface area (Å²) in [4.78, 5) is 10.5. The number of rotatable bonds is 2. The standard InChI is InChI=1S/C10H7ClN2O2/c11-7-4-2-1-3-6(7)8-5-9(10(14)15)13-12-8/h1-5H,(H,12,13)(H,14,15)/p-1. The Morgan fingerprint density at radius 1 is 1.40 bits per heavy atom. The van der Waals surface area contributed by atoms with Gasteiger partial charge in [0.25, 0.3) is 0 Å². The van der Waals surface area contributed by atoms with E-state index in [0.29, 0.717) is 16.3 Å². The molecule has 4 nitrogen and oxygen atoms in total. The number of aromatic carboxylic acids is 1. The first-order valence-electron chi connectivity index (χ1n) is 4.20. The van der Waals surface area contributed by atoms with Crippen LogP contribution in [0.25, 0.3) is 11.3 Å². The van der Waals surface area contributed by atoms with Crippen molar-refractivity contribution in [1.82, 2.24) is 10.2 Å². The van der Waals surface area contributed by atoms with E-state index in [1.807, 2.05) is 0 Å². The molecule has 0 aliphatic heterocycles. The molecule has 0 unspecified atom stereocenters. The van der Waals surface area contributed by atoms with E-state index in [9.17, 15) is 9.90 Å². The van der Waals surface area contributed by atoms with E-state index in [-0.39, 0.29) is 5.69 Å². The molecule has 0 saturated carbocycles. The molecule has 1 aromatic heterocycles. The van der Waals surface area contributed by atoms with Crippen LogP contribution < -0.4 is 5.11 Å². The van der Waals surface area contributed by atoms with Gasteiger partial charge in [-0.1, -0.05) is 29.8 Å². The first kappa shape index (κ1) is 9.73. The van der Waals surface area contributed by atoms with Gasteiger partial charge >= 0.3 is 0 Å². The molecule has 1 N–H and O–H groups in total. The topological polar surface area (TPSA) is 68.8 Å². The first-order valence-corrected chi connectivity index (χ1v) is 4.58. The Labute approximate surface area is 90.5 Å². The molecule has 0 fully saturated rings. The average Bonchev–Trinajstić information content (AvgIpc) is 2.67. The summed E-state index contributed by atoms with van der Waals surface area (Å²) in [6.45, 7) is 0. The Morgan fingerprint density at radius 2 is 2.13 bits per heavy atom. The highest BCUT2D eigenvalue weighted by molar-refractivity contribution is 6.33. The van der Waals surface area contributed by atoms with Crippen LogP contribution in [0.15, 0.2) is 30.3 Å². The van der Waals surface area contributed by atoms with Crippen LogP contribution in [0.1, 0.15) is 10.5 Å². The van der Waals surface area contributed by atoms with Gasteiger partial charge in [0.2, 0.25) is 0 Å². The van der Waals surface area contributed by atoms with Crippen LogP contribution in [0.3, 0.4) is 0 Å². The maximum absolute atomic E-state index is 10.5. The zero-order valence-corrected chi connectivity index (χ0v) is 8.28. The highest BCUT2D eigenvalue weighted by Gasteiger charge is 2.07. The number of nitrogens with zero attached hydrogens (tertiary/aromatic N) is 1. The summed E-state index contributed by atoms with van der Waals surface area (Å²) in [5, 5.41) is 17.2. The van der Waals surface area contributed by atoms with Crippen molar-refractivity contribution in [3.05, 3.63) is 41.0 Å². The van der Waals surface area contributed by atoms with Crippen molar-refractivity contribution < 1.29 is 9.90 Å².